The van der Waals surface area contributed by atoms with Crippen molar-refractivity contribution in [3.8, 4) is 0 Å². The summed E-state index contributed by atoms with van der Waals surface area (Å²) in [5, 5.41) is 3.38. The highest BCUT2D eigenvalue weighted by atomic mass is 19.1. The fourth-order valence-electron chi connectivity index (χ4n) is 4.06. The van der Waals surface area contributed by atoms with Crippen molar-refractivity contribution >= 4 is 11.4 Å². The molecule has 1 aromatic heterocycles. The Morgan fingerprint density at radius 3 is 2.50 bits per heavy atom. The molecule has 1 saturated carbocycles. The number of aryl methyl sites for hydroxylation is 1. The molecule has 0 spiro atoms. The second kappa shape index (κ2) is 4.97. The van der Waals surface area contributed by atoms with Gasteiger partial charge in [0.15, 0.2) is 0 Å². The van der Waals surface area contributed by atoms with E-state index in [0.29, 0.717) is 17.4 Å². The average molecular weight is 298 g/mol. The molecule has 0 saturated heterocycles. The lowest BCUT2D eigenvalue weighted by atomic mass is 9.67. The second-order valence-electron chi connectivity index (χ2n) is 6.50. The van der Waals surface area contributed by atoms with E-state index < -0.39 is 0 Å². The summed E-state index contributed by atoms with van der Waals surface area (Å²) in [6, 6.07) is 5.01. The molecule has 2 bridgehead atoms. The third-order valence-corrected chi connectivity index (χ3v) is 5.15. The van der Waals surface area contributed by atoms with Crippen LogP contribution in [0.15, 0.2) is 29.2 Å². The highest BCUT2D eigenvalue weighted by molar-refractivity contribution is 5.66. The fraction of sp³-hybridized carbons (Fsp3) is 0.389. The lowest BCUT2D eigenvalue weighted by molar-refractivity contribution is 0.356. The Kier molecular flexibility index (Phi) is 3.06. The molecule has 1 heterocycles. The Morgan fingerprint density at radius 1 is 1.14 bits per heavy atom. The van der Waals surface area contributed by atoms with Crippen LogP contribution in [-0.4, -0.2) is 4.98 Å². The largest absolute Gasteiger partial charge is 0.354 e. The summed E-state index contributed by atoms with van der Waals surface area (Å²) < 4.78 is 13.4. The Morgan fingerprint density at radius 2 is 1.82 bits per heavy atom. The number of anilines is 2. The van der Waals surface area contributed by atoms with E-state index in [2.05, 4.69) is 10.3 Å². The summed E-state index contributed by atoms with van der Waals surface area (Å²) in [7, 11) is 0. The molecular weight excluding hydrogens is 279 g/mol. The van der Waals surface area contributed by atoms with E-state index in [1.54, 1.807) is 25.3 Å². The third kappa shape index (κ3) is 2.05. The monoisotopic (exact) mass is 298 g/mol. The maximum atomic E-state index is 13.4. The highest BCUT2D eigenvalue weighted by Crippen LogP contribution is 2.50. The van der Waals surface area contributed by atoms with E-state index in [1.807, 2.05) is 0 Å². The van der Waals surface area contributed by atoms with Gasteiger partial charge in [-0.25, -0.2) is 4.39 Å². The van der Waals surface area contributed by atoms with Crippen LogP contribution in [0.1, 0.15) is 54.2 Å². The third-order valence-electron chi connectivity index (χ3n) is 5.15. The van der Waals surface area contributed by atoms with Crippen molar-refractivity contribution in [3.05, 3.63) is 57.3 Å². The van der Waals surface area contributed by atoms with Gasteiger partial charge in [-0.3, -0.25) is 4.79 Å². The van der Waals surface area contributed by atoms with Gasteiger partial charge in [0.05, 0.1) is 5.69 Å². The van der Waals surface area contributed by atoms with Crippen LogP contribution < -0.4 is 10.9 Å². The number of H-pyrrole nitrogens is 1. The highest BCUT2D eigenvalue weighted by Gasteiger charge is 2.36. The first kappa shape index (κ1) is 13.6. The van der Waals surface area contributed by atoms with Gasteiger partial charge in [0.2, 0.25) is 0 Å². The molecule has 0 unspecified atom stereocenters. The number of aromatic amines is 1. The van der Waals surface area contributed by atoms with Crippen LogP contribution in [0.3, 0.4) is 0 Å². The van der Waals surface area contributed by atoms with Gasteiger partial charge in [0.25, 0.3) is 5.56 Å². The van der Waals surface area contributed by atoms with Crippen molar-refractivity contribution in [2.45, 2.75) is 44.4 Å². The van der Waals surface area contributed by atoms with Gasteiger partial charge in [-0.2, -0.15) is 0 Å². The Hall–Kier alpha value is -2.10. The fourth-order valence-corrected chi connectivity index (χ4v) is 4.06. The summed E-state index contributed by atoms with van der Waals surface area (Å²) in [4.78, 5) is 15.1. The minimum atomic E-state index is -0.201. The van der Waals surface area contributed by atoms with Crippen LogP contribution in [0.4, 0.5) is 15.8 Å². The molecule has 4 heteroatoms. The topological polar surface area (TPSA) is 44.9 Å². The van der Waals surface area contributed by atoms with Crippen molar-refractivity contribution in [3.63, 3.8) is 0 Å². The van der Waals surface area contributed by atoms with E-state index in [1.165, 1.54) is 11.6 Å². The predicted molar refractivity (Wildman–Crippen MR) is 85.4 cm³/mol. The second-order valence-corrected chi connectivity index (χ2v) is 6.50. The number of hydrogen-bond donors (Lipinski definition) is 2. The minimum absolute atomic E-state index is 0.0604. The van der Waals surface area contributed by atoms with Gasteiger partial charge < -0.3 is 10.3 Å². The molecule has 3 aliphatic carbocycles. The summed E-state index contributed by atoms with van der Waals surface area (Å²) in [6.45, 7) is 1.75. The first-order valence-electron chi connectivity index (χ1n) is 7.92. The van der Waals surface area contributed by atoms with Crippen molar-refractivity contribution in [1.29, 1.82) is 0 Å². The van der Waals surface area contributed by atoms with Crippen LogP contribution in [0, 0.1) is 12.7 Å². The molecular formula is C18H19FN2O. The molecule has 2 N–H and O–H groups in total. The van der Waals surface area contributed by atoms with Crippen molar-refractivity contribution < 1.29 is 4.39 Å². The van der Waals surface area contributed by atoms with Crippen LogP contribution in [0.25, 0.3) is 0 Å². The lowest BCUT2D eigenvalue weighted by Gasteiger charge is -2.38. The number of pyridine rings is 1. The Balaban J connectivity index is 1.78. The quantitative estimate of drug-likeness (QED) is 0.867. The normalized spacial score (nSPS) is 22.5. The number of benzene rings is 1. The van der Waals surface area contributed by atoms with Gasteiger partial charge in [0, 0.05) is 17.4 Å². The average Bonchev–Trinajstić information content (AvgIpc) is 2.54. The molecule has 5 rings (SSSR count). The molecule has 114 valence electrons. The molecule has 3 aliphatic rings. The lowest BCUT2D eigenvalue weighted by Crippen LogP contribution is -2.30. The maximum Gasteiger partial charge on any atom is 0.251 e. The zero-order valence-corrected chi connectivity index (χ0v) is 12.6. The minimum Gasteiger partial charge on any atom is -0.354 e. The van der Waals surface area contributed by atoms with Crippen molar-refractivity contribution in [1.82, 2.24) is 4.98 Å². The summed E-state index contributed by atoms with van der Waals surface area (Å²) >= 11 is 0. The van der Waals surface area contributed by atoms with Gasteiger partial charge in [-0.1, -0.05) is 0 Å². The van der Waals surface area contributed by atoms with Crippen LogP contribution in [-0.2, 0) is 0 Å². The number of rotatable bonds is 2. The molecule has 1 aromatic carbocycles. The standard InChI is InChI=1S/C18H19FN2O/c1-10-8-13(6-7-14(10)19)21-15-9-20-18(22)17-12-4-2-11(3-5-12)16(15)17/h6-9,11-12,21H,2-5H2,1H3,(H,20,22). The molecule has 0 amide bonds. The van der Waals surface area contributed by atoms with E-state index in [9.17, 15) is 9.18 Å². The van der Waals surface area contributed by atoms with E-state index >= 15 is 0 Å². The first-order valence-corrected chi connectivity index (χ1v) is 7.92. The van der Waals surface area contributed by atoms with Gasteiger partial charge in [-0.15, -0.1) is 0 Å². The Bertz CT molecular complexity index is 788. The molecule has 3 nitrogen and oxygen atoms in total. The zero-order valence-electron chi connectivity index (χ0n) is 12.6. The smallest absolute Gasteiger partial charge is 0.251 e. The molecule has 0 radical (unpaired) electrons. The van der Waals surface area contributed by atoms with Crippen molar-refractivity contribution in [2.24, 2.45) is 0 Å². The Labute approximate surface area is 128 Å². The number of hydrogen-bond acceptors (Lipinski definition) is 2. The SMILES string of the molecule is Cc1cc(Nc2c[nH]c(=O)c3c2C2CCC3CC2)ccc1F. The molecule has 1 fully saturated rings. The van der Waals surface area contributed by atoms with Crippen molar-refractivity contribution in [2.75, 3.05) is 5.32 Å². The van der Waals surface area contributed by atoms with E-state index in [0.717, 1.165) is 42.6 Å². The van der Waals surface area contributed by atoms with Gasteiger partial charge >= 0.3 is 0 Å². The molecule has 0 aliphatic heterocycles. The number of fused-ring (bicyclic) bond motifs is 2. The van der Waals surface area contributed by atoms with Crippen LogP contribution in [0.2, 0.25) is 0 Å². The number of nitrogens with one attached hydrogen (secondary N) is 2. The maximum absolute atomic E-state index is 13.4. The summed E-state index contributed by atoms with van der Waals surface area (Å²) in [5.74, 6) is 0.680. The van der Waals surface area contributed by atoms with Crippen LogP contribution >= 0.6 is 0 Å². The van der Waals surface area contributed by atoms with Gasteiger partial charge in [0.1, 0.15) is 5.82 Å². The zero-order chi connectivity index (χ0) is 15.3. The first-order chi connectivity index (χ1) is 10.6. The van der Waals surface area contributed by atoms with E-state index in [4.69, 9.17) is 0 Å². The molecule has 2 aromatic rings. The summed E-state index contributed by atoms with van der Waals surface area (Å²) in [6.07, 6.45) is 6.34. The van der Waals surface area contributed by atoms with E-state index in [-0.39, 0.29) is 11.4 Å². The van der Waals surface area contributed by atoms with Gasteiger partial charge in [-0.05, 0) is 73.8 Å². The molecule has 22 heavy (non-hydrogen) atoms. The number of aromatic nitrogens is 1. The predicted octanol–water partition coefficient (Wildman–Crippen LogP) is 4.32. The van der Waals surface area contributed by atoms with Crippen LogP contribution in [0.5, 0.6) is 0 Å². The molecule has 0 atom stereocenters. The number of halogens is 1. The summed E-state index contributed by atoms with van der Waals surface area (Å²) in [5.41, 5.74) is 4.67.